The highest BCUT2D eigenvalue weighted by Gasteiger charge is 2.24. The van der Waals surface area contributed by atoms with E-state index in [9.17, 15) is 10.1 Å². The van der Waals surface area contributed by atoms with Crippen molar-refractivity contribution in [2.75, 3.05) is 38.3 Å². The van der Waals surface area contributed by atoms with Gasteiger partial charge in [0.1, 0.15) is 11.9 Å². The van der Waals surface area contributed by atoms with Crippen LogP contribution in [-0.4, -0.2) is 49.3 Å². The van der Waals surface area contributed by atoms with Crippen LogP contribution in [0.15, 0.2) is 18.3 Å². The van der Waals surface area contributed by atoms with Crippen molar-refractivity contribution in [3.8, 4) is 0 Å². The summed E-state index contributed by atoms with van der Waals surface area (Å²) >= 11 is 0. The molecule has 0 spiro atoms. The van der Waals surface area contributed by atoms with Gasteiger partial charge in [-0.1, -0.05) is 0 Å². The second kappa shape index (κ2) is 7.16. The molecule has 0 saturated carbocycles. The topological polar surface area (TPSA) is 80.5 Å². The van der Waals surface area contributed by atoms with Gasteiger partial charge in [0.25, 0.3) is 0 Å². The van der Waals surface area contributed by atoms with Gasteiger partial charge in [0, 0.05) is 26.2 Å². The van der Waals surface area contributed by atoms with Crippen LogP contribution in [0, 0.1) is 10.1 Å². The fraction of sp³-hybridized carbons (Fsp3) is 0.615. The first-order chi connectivity index (χ1) is 9.72. The maximum atomic E-state index is 11.1. The first-order valence-corrected chi connectivity index (χ1v) is 6.79. The molecule has 0 amide bonds. The molecule has 1 aliphatic heterocycles. The van der Waals surface area contributed by atoms with Crippen molar-refractivity contribution in [3.63, 3.8) is 0 Å². The van der Waals surface area contributed by atoms with E-state index in [2.05, 4.69) is 10.3 Å². The Morgan fingerprint density at radius 1 is 1.65 bits per heavy atom. The fourth-order valence-corrected chi connectivity index (χ4v) is 2.47. The summed E-state index contributed by atoms with van der Waals surface area (Å²) < 4.78 is 5.11. The highest BCUT2D eigenvalue weighted by atomic mass is 16.6. The molecule has 1 atom stereocenters. The van der Waals surface area contributed by atoms with Gasteiger partial charge >= 0.3 is 5.82 Å². The molecule has 0 aliphatic carbocycles. The van der Waals surface area contributed by atoms with Crippen LogP contribution in [0.25, 0.3) is 0 Å². The van der Waals surface area contributed by atoms with Crippen molar-refractivity contribution >= 4 is 11.5 Å². The van der Waals surface area contributed by atoms with Gasteiger partial charge in [-0.15, -0.1) is 0 Å². The number of ether oxygens (including phenoxy) is 1. The molecule has 0 radical (unpaired) electrons. The van der Waals surface area contributed by atoms with Gasteiger partial charge in [-0.3, -0.25) is 0 Å². The van der Waals surface area contributed by atoms with Gasteiger partial charge < -0.3 is 25.1 Å². The minimum absolute atomic E-state index is 0.0957. The van der Waals surface area contributed by atoms with Crippen molar-refractivity contribution in [2.24, 2.45) is 0 Å². The largest absolute Gasteiger partial charge is 0.387 e. The maximum Gasteiger partial charge on any atom is 0.387 e. The van der Waals surface area contributed by atoms with Crippen molar-refractivity contribution < 1.29 is 9.66 Å². The number of hydrogen-bond acceptors (Lipinski definition) is 6. The normalized spacial score (nSPS) is 18.1. The second-order valence-corrected chi connectivity index (χ2v) is 4.84. The van der Waals surface area contributed by atoms with Crippen molar-refractivity contribution in [2.45, 2.75) is 18.9 Å². The zero-order chi connectivity index (χ0) is 14.4. The van der Waals surface area contributed by atoms with E-state index in [4.69, 9.17) is 4.74 Å². The molecule has 2 rings (SSSR count). The van der Waals surface area contributed by atoms with E-state index in [0.29, 0.717) is 24.9 Å². The molecular weight excluding hydrogens is 260 g/mol. The lowest BCUT2D eigenvalue weighted by Crippen LogP contribution is -2.39. The lowest BCUT2D eigenvalue weighted by Gasteiger charge is -2.26. The van der Waals surface area contributed by atoms with E-state index < -0.39 is 4.92 Å². The van der Waals surface area contributed by atoms with E-state index in [-0.39, 0.29) is 5.82 Å². The third-order valence-electron chi connectivity index (χ3n) is 3.45. The minimum Gasteiger partial charge on any atom is -0.383 e. The Hall–Kier alpha value is -1.73. The number of nitro groups is 1. The van der Waals surface area contributed by atoms with Gasteiger partial charge in [0.05, 0.1) is 6.61 Å². The summed E-state index contributed by atoms with van der Waals surface area (Å²) in [5, 5.41) is 14.5. The number of rotatable bonds is 7. The standard InChI is InChI=1S/C13H20N4O3/c1-20-9-8-16(10-11-4-2-6-14-11)12-5-3-7-15-13(12)17(18)19/h3,5,7,11,14H,2,4,6,8-10H2,1H3. The predicted molar refractivity (Wildman–Crippen MR) is 76.0 cm³/mol. The lowest BCUT2D eigenvalue weighted by atomic mass is 10.2. The average Bonchev–Trinajstić information content (AvgIpc) is 2.96. The second-order valence-electron chi connectivity index (χ2n) is 4.84. The third-order valence-corrected chi connectivity index (χ3v) is 3.45. The molecule has 1 unspecified atom stereocenters. The summed E-state index contributed by atoms with van der Waals surface area (Å²) in [5.74, 6) is -0.0957. The van der Waals surface area contributed by atoms with E-state index in [0.717, 1.165) is 25.9 Å². The Morgan fingerprint density at radius 2 is 2.50 bits per heavy atom. The Bertz CT molecular complexity index is 449. The Balaban J connectivity index is 2.18. The van der Waals surface area contributed by atoms with Crippen LogP contribution < -0.4 is 10.2 Å². The number of anilines is 1. The predicted octanol–water partition coefficient (Wildman–Crippen LogP) is 1.19. The molecular formula is C13H20N4O3. The summed E-state index contributed by atoms with van der Waals surface area (Å²) in [6, 6.07) is 3.84. The number of nitrogens with zero attached hydrogens (tertiary/aromatic N) is 3. The zero-order valence-electron chi connectivity index (χ0n) is 11.6. The van der Waals surface area contributed by atoms with Crippen LogP contribution in [0.4, 0.5) is 11.5 Å². The quantitative estimate of drug-likeness (QED) is 0.597. The van der Waals surface area contributed by atoms with E-state index in [1.807, 2.05) is 4.90 Å². The van der Waals surface area contributed by atoms with Gasteiger partial charge in [0.15, 0.2) is 0 Å². The summed E-state index contributed by atoms with van der Waals surface area (Å²) in [5.41, 5.74) is 0.559. The molecule has 1 fully saturated rings. The van der Waals surface area contributed by atoms with Crippen LogP contribution in [0.2, 0.25) is 0 Å². The lowest BCUT2D eigenvalue weighted by molar-refractivity contribution is -0.388. The van der Waals surface area contributed by atoms with Gasteiger partial charge in [-0.2, -0.15) is 0 Å². The van der Waals surface area contributed by atoms with E-state index >= 15 is 0 Å². The highest BCUT2D eigenvalue weighted by molar-refractivity contribution is 5.59. The SMILES string of the molecule is COCCN(CC1CCCN1)c1cccnc1[N+](=O)[O-]. The van der Waals surface area contributed by atoms with E-state index in [1.54, 1.807) is 19.2 Å². The molecule has 2 heterocycles. The molecule has 7 heteroatoms. The average molecular weight is 280 g/mol. The maximum absolute atomic E-state index is 11.1. The molecule has 1 aliphatic rings. The molecule has 20 heavy (non-hydrogen) atoms. The number of nitrogens with one attached hydrogen (secondary N) is 1. The molecule has 0 bridgehead atoms. The van der Waals surface area contributed by atoms with Crippen LogP contribution in [0.1, 0.15) is 12.8 Å². The molecule has 1 aromatic heterocycles. The smallest absolute Gasteiger partial charge is 0.383 e. The van der Waals surface area contributed by atoms with Crippen LogP contribution in [0.5, 0.6) is 0 Å². The summed E-state index contributed by atoms with van der Waals surface area (Å²) in [6.45, 7) is 2.88. The molecule has 1 saturated heterocycles. The summed E-state index contributed by atoms with van der Waals surface area (Å²) in [4.78, 5) is 16.5. The first-order valence-electron chi connectivity index (χ1n) is 6.79. The molecule has 1 aromatic rings. The zero-order valence-corrected chi connectivity index (χ0v) is 11.6. The van der Waals surface area contributed by atoms with Crippen LogP contribution in [-0.2, 0) is 4.74 Å². The van der Waals surface area contributed by atoms with Gasteiger partial charge in [-0.05, 0) is 41.4 Å². The summed E-state index contributed by atoms with van der Waals surface area (Å²) in [7, 11) is 1.63. The third kappa shape index (κ3) is 3.64. The van der Waals surface area contributed by atoms with Crippen LogP contribution >= 0.6 is 0 Å². The molecule has 0 aromatic carbocycles. The van der Waals surface area contributed by atoms with Crippen molar-refractivity contribution in [3.05, 3.63) is 28.4 Å². The monoisotopic (exact) mass is 280 g/mol. The number of pyridine rings is 1. The Morgan fingerprint density at radius 3 is 3.15 bits per heavy atom. The van der Waals surface area contributed by atoms with Gasteiger partial charge in [-0.25, -0.2) is 0 Å². The first kappa shape index (κ1) is 14.7. The van der Waals surface area contributed by atoms with Gasteiger partial charge in [0.2, 0.25) is 0 Å². The van der Waals surface area contributed by atoms with Crippen molar-refractivity contribution in [1.82, 2.24) is 10.3 Å². The van der Waals surface area contributed by atoms with Crippen LogP contribution in [0.3, 0.4) is 0 Å². The fourth-order valence-electron chi connectivity index (χ4n) is 2.47. The number of methoxy groups -OCH3 is 1. The Kier molecular flexibility index (Phi) is 5.25. The summed E-state index contributed by atoms with van der Waals surface area (Å²) in [6.07, 6.45) is 3.69. The molecule has 7 nitrogen and oxygen atoms in total. The number of hydrogen-bond donors (Lipinski definition) is 1. The Labute approximate surface area is 118 Å². The highest BCUT2D eigenvalue weighted by Crippen LogP contribution is 2.25. The molecule has 1 N–H and O–H groups in total. The number of aromatic nitrogens is 1. The van der Waals surface area contributed by atoms with Crippen molar-refractivity contribution in [1.29, 1.82) is 0 Å². The van der Waals surface area contributed by atoms with E-state index in [1.165, 1.54) is 6.20 Å². The molecule has 110 valence electrons. The minimum atomic E-state index is -0.433.